The normalized spacial score (nSPS) is 12.1. The van der Waals surface area contributed by atoms with Gasteiger partial charge in [0, 0.05) is 43.9 Å². The Morgan fingerprint density at radius 1 is 0.500 bits per heavy atom. The van der Waals surface area contributed by atoms with E-state index in [4.69, 9.17) is 23.2 Å². The number of halogens is 2. The maximum atomic E-state index is 13.3. The standard InChI is InChI=1S/C42H36Cl2N8O6/c1-23-24(2)36(48-42(58)38(26(4)54)52-50-34-20-28(18-30(44)22-34)40(56)46-32-13-9-6-10-14-32)16-15-35(23)47-41(57)37(25(3)53)51-49-33-19-27(17-29(43)21-33)39(55)45-31-11-7-5-8-12-31/h5-22,37-38H,1-4H3,(H,45,55)(H,46,56)(H,47,57)(H,48,58). The third-order valence-electron chi connectivity index (χ3n) is 8.50. The van der Waals surface area contributed by atoms with Crippen LogP contribution in [0.1, 0.15) is 45.7 Å². The average Bonchev–Trinajstić information content (AvgIpc) is 3.18. The fourth-order valence-corrected chi connectivity index (χ4v) is 5.81. The van der Waals surface area contributed by atoms with Gasteiger partial charge in [-0.05, 0) is 112 Å². The third kappa shape index (κ3) is 11.3. The van der Waals surface area contributed by atoms with Gasteiger partial charge in [-0.2, -0.15) is 20.5 Å². The summed E-state index contributed by atoms with van der Waals surface area (Å²) < 4.78 is 0. The van der Waals surface area contributed by atoms with Crippen molar-refractivity contribution in [2.45, 2.75) is 39.8 Å². The molecule has 0 aromatic heterocycles. The Bertz CT molecular complexity index is 2290. The number of carbonyl (C=O) groups excluding carboxylic acids is 6. The van der Waals surface area contributed by atoms with E-state index >= 15 is 0 Å². The minimum absolute atomic E-state index is 0.142. The zero-order valence-corrected chi connectivity index (χ0v) is 33.1. The van der Waals surface area contributed by atoms with E-state index in [1.807, 2.05) is 12.1 Å². The number of amides is 4. The topological polar surface area (TPSA) is 200 Å². The molecule has 0 saturated carbocycles. The molecule has 58 heavy (non-hydrogen) atoms. The van der Waals surface area contributed by atoms with Crippen LogP contribution >= 0.6 is 23.2 Å². The number of carbonyl (C=O) groups is 6. The van der Waals surface area contributed by atoms with Crippen LogP contribution in [0.3, 0.4) is 0 Å². The molecule has 0 radical (unpaired) electrons. The van der Waals surface area contributed by atoms with Crippen LogP contribution in [0.4, 0.5) is 34.1 Å². The van der Waals surface area contributed by atoms with Gasteiger partial charge in [0.15, 0.2) is 11.6 Å². The summed E-state index contributed by atoms with van der Waals surface area (Å²) in [7, 11) is 0. The lowest BCUT2D eigenvalue weighted by Crippen LogP contribution is -2.33. The highest BCUT2D eigenvalue weighted by Gasteiger charge is 2.26. The fraction of sp³-hybridized carbons (Fsp3) is 0.143. The Morgan fingerprint density at radius 2 is 0.862 bits per heavy atom. The highest BCUT2D eigenvalue weighted by atomic mass is 35.5. The summed E-state index contributed by atoms with van der Waals surface area (Å²) in [4.78, 5) is 77.4. The summed E-state index contributed by atoms with van der Waals surface area (Å²) in [5.41, 5.74) is 3.52. The van der Waals surface area contributed by atoms with Crippen molar-refractivity contribution >= 4 is 92.5 Å². The Morgan fingerprint density at radius 3 is 1.21 bits per heavy atom. The van der Waals surface area contributed by atoms with E-state index < -0.39 is 47.3 Å². The molecule has 0 spiro atoms. The molecule has 0 aliphatic carbocycles. The highest BCUT2D eigenvalue weighted by Crippen LogP contribution is 2.28. The molecule has 0 heterocycles. The van der Waals surface area contributed by atoms with Gasteiger partial charge < -0.3 is 21.3 Å². The molecule has 0 aliphatic heterocycles. The van der Waals surface area contributed by atoms with E-state index in [-0.39, 0.29) is 32.5 Å². The van der Waals surface area contributed by atoms with Crippen LogP contribution in [0.2, 0.25) is 10.0 Å². The molecule has 294 valence electrons. The van der Waals surface area contributed by atoms with Crippen molar-refractivity contribution < 1.29 is 28.8 Å². The van der Waals surface area contributed by atoms with Crippen molar-refractivity contribution in [3.8, 4) is 0 Å². The van der Waals surface area contributed by atoms with Gasteiger partial charge in [-0.25, -0.2) is 0 Å². The van der Waals surface area contributed by atoms with Crippen molar-refractivity contribution in [2.75, 3.05) is 21.3 Å². The molecule has 5 rings (SSSR count). The Kier molecular flexibility index (Phi) is 14.1. The van der Waals surface area contributed by atoms with E-state index in [0.29, 0.717) is 33.9 Å². The second-order valence-electron chi connectivity index (χ2n) is 12.9. The molecule has 5 aromatic rings. The molecule has 0 aliphatic rings. The molecule has 4 amide bonds. The van der Waals surface area contributed by atoms with Crippen molar-refractivity contribution in [1.82, 2.24) is 0 Å². The summed E-state index contributed by atoms with van der Waals surface area (Å²) in [5.74, 6) is -3.65. The Labute approximate surface area is 343 Å². The number of nitrogens with zero attached hydrogens (tertiary/aromatic N) is 4. The number of nitrogens with one attached hydrogen (secondary N) is 4. The lowest BCUT2D eigenvalue weighted by Gasteiger charge is -2.17. The van der Waals surface area contributed by atoms with Gasteiger partial charge in [-0.1, -0.05) is 59.6 Å². The predicted octanol–water partition coefficient (Wildman–Crippen LogP) is 9.47. The second-order valence-corrected chi connectivity index (χ2v) is 13.8. The number of anilines is 4. The van der Waals surface area contributed by atoms with Crippen LogP contribution in [0, 0.1) is 13.8 Å². The van der Waals surface area contributed by atoms with E-state index in [2.05, 4.69) is 41.7 Å². The number of para-hydroxylation sites is 2. The van der Waals surface area contributed by atoms with Crippen LogP contribution < -0.4 is 21.3 Å². The van der Waals surface area contributed by atoms with Crippen LogP contribution in [0.15, 0.2) is 130 Å². The zero-order chi connectivity index (χ0) is 41.9. The monoisotopic (exact) mass is 818 g/mol. The van der Waals surface area contributed by atoms with Gasteiger partial charge in [0.2, 0.25) is 12.1 Å². The first-order valence-electron chi connectivity index (χ1n) is 17.6. The minimum atomic E-state index is -1.55. The Balaban J connectivity index is 1.26. The van der Waals surface area contributed by atoms with Gasteiger partial charge in [0.1, 0.15) is 0 Å². The van der Waals surface area contributed by atoms with Crippen molar-refractivity contribution in [3.05, 3.63) is 141 Å². The second kappa shape index (κ2) is 19.3. The molecule has 5 aromatic carbocycles. The predicted molar refractivity (Wildman–Crippen MR) is 223 cm³/mol. The van der Waals surface area contributed by atoms with E-state index in [1.165, 1.54) is 62.4 Å². The number of benzene rings is 5. The highest BCUT2D eigenvalue weighted by molar-refractivity contribution is 6.31. The summed E-state index contributed by atoms with van der Waals surface area (Å²) in [5, 5.41) is 27.3. The number of rotatable bonds is 14. The van der Waals surface area contributed by atoms with Gasteiger partial charge in [-0.3, -0.25) is 28.8 Å². The average molecular weight is 820 g/mol. The Hall–Kier alpha value is -6.90. The van der Waals surface area contributed by atoms with Crippen molar-refractivity contribution in [1.29, 1.82) is 0 Å². The molecule has 0 fully saturated rings. The van der Waals surface area contributed by atoms with E-state index in [1.54, 1.807) is 62.4 Å². The van der Waals surface area contributed by atoms with Crippen LogP contribution in [0.25, 0.3) is 0 Å². The minimum Gasteiger partial charge on any atom is -0.324 e. The largest absolute Gasteiger partial charge is 0.324 e. The lowest BCUT2D eigenvalue weighted by molar-refractivity contribution is -0.127. The number of hydrogen-bond donors (Lipinski definition) is 4. The maximum Gasteiger partial charge on any atom is 0.258 e. The number of Topliss-reactive ketones (excluding diaryl/α,β-unsaturated/α-hetero) is 2. The maximum absolute atomic E-state index is 13.3. The number of azo groups is 2. The molecule has 14 nitrogen and oxygen atoms in total. The molecular weight excluding hydrogens is 783 g/mol. The molecule has 0 bridgehead atoms. The van der Waals surface area contributed by atoms with Gasteiger partial charge in [0.05, 0.1) is 11.4 Å². The number of hydrogen-bond acceptors (Lipinski definition) is 10. The smallest absolute Gasteiger partial charge is 0.258 e. The first-order chi connectivity index (χ1) is 27.7. The molecule has 16 heteroatoms. The van der Waals surface area contributed by atoms with Crippen LogP contribution in [0.5, 0.6) is 0 Å². The lowest BCUT2D eigenvalue weighted by atomic mass is 10.0. The van der Waals surface area contributed by atoms with Crippen molar-refractivity contribution in [2.24, 2.45) is 20.5 Å². The zero-order valence-electron chi connectivity index (χ0n) is 31.5. The third-order valence-corrected chi connectivity index (χ3v) is 8.94. The number of ketones is 2. The molecule has 2 atom stereocenters. The molecule has 4 N–H and O–H groups in total. The van der Waals surface area contributed by atoms with Gasteiger partial charge in [0.25, 0.3) is 23.6 Å². The van der Waals surface area contributed by atoms with Crippen molar-refractivity contribution in [3.63, 3.8) is 0 Å². The SMILES string of the molecule is CC(=O)C(N=Nc1cc(Cl)cc(C(=O)Nc2ccccc2)c1)C(=O)Nc1ccc(NC(=O)C(N=Nc2cc(Cl)cc(C(=O)Nc3ccccc3)c2)C(C)=O)c(C)c1C. The quantitative estimate of drug-likeness (QED) is 0.0635. The first-order valence-corrected chi connectivity index (χ1v) is 18.3. The van der Waals surface area contributed by atoms with Crippen LogP contribution in [-0.2, 0) is 19.2 Å². The summed E-state index contributed by atoms with van der Waals surface area (Å²) in [6.45, 7) is 5.75. The fourth-order valence-electron chi connectivity index (χ4n) is 5.35. The molecular formula is C42H36Cl2N8O6. The van der Waals surface area contributed by atoms with Gasteiger partial charge >= 0.3 is 0 Å². The van der Waals surface area contributed by atoms with Gasteiger partial charge in [-0.15, -0.1) is 0 Å². The summed E-state index contributed by atoms with van der Waals surface area (Å²) in [6, 6.07) is 26.1. The molecule has 2 unspecified atom stereocenters. The molecule has 0 saturated heterocycles. The van der Waals surface area contributed by atoms with E-state index in [0.717, 1.165) is 0 Å². The summed E-state index contributed by atoms with van der Waals surface area (Å²) >= 11 is 12.5. The van der Waals surface area contributed by atoms with Crippen LogP contribution in [-0.4, -0.2) is 47.3 Å². The summed E-state index contributed by atoms with van der Waals surface area (Å²) in [6.07, 6.45) is 0. The van der Waals surface area contributed by atoms with E-state index in [9.17, 15) is 28.8 Å². The first kappa shape index (κ1) is 42.2.